The van der Waals surface area contributed by atoms with E-state index in [0.29, 0.717) is 28.6 Å². The molecular formula is C18H22ClN3O2. The number of pyridine rings is 1. The smallest absolute Gasteiger partial charge is 0.253 e. The highest BCUT2D eigenvalue weighted by atomic mass is 35.5. The summed E-state index contributed by atoms with van der Waals surface area (Å²) in [5, 5.41) is 4.47. The van der Waals surface area contributed by atoms with Gasteiger partial charge in [0.1, 0.15) is 0 Å². The van der Waals surface area contributed by atoms with Gasteiger partial charge < -0.3 is 15.0 Å². The summed E-state index contributed by atoms with van der Waals surface area (Å²) in [6.45, 7) is 4.43. The summed E-state index contributed by atoms with van der Waals surface area (Å²) in [7, 11) is 1.72. The van der Waals surface area contributed by atoms with Gasteiger partial charge in [0.05, 0.1) is 17.7 Å². The second kappa shape index (κ2) is 7.92. The van der Waals surface area contributed by atoms with Crippen LogP contribution in [-0.4, -0.2) is 55.7 Å². The van der Waals surface area contributed by atoms with Crippen molar-refractivity contribution in [2.45, 2.75) is 6.42 Å². The third-order valence-electron chi connectivity index (χ3n) is 4.45. The van der Waals surface area contributed by atoms with Crippen LogP contribution in [0.25, 0.3) is 10.9 Å². The molecule has 128 valence electrons. The Balaban J connectivity index is 1.62. The minimum absolute atomic E-state index is 0.114. The number of benzene rings is 1. The first-order chi connectivity index (χ1) is 11.7. The van der Waals surface area contributed by atoms with Gasteiger partial charge in [-0.05, 0) is 37.1 Å². The highest BCUT2D eigenvalue weighted by Gasteiger charge is 2.23. The molecule has 1 N–H and O–H groups in total. The predicted octanol–water partition coefficient (Wildman–Crippen LogP) is 2.59. The Hall–Kier alpha value is -1.69. The Morgan fingerprint density at radius 2 is 2.38 bits per heavy atom. The molecule has 2 aromatic rings. The van der Waals surface area contributed by atoms with Crippen molar-refractivity contribution >= 4 is 28.4 Å². The van der Waals surface area contributed by atoms with Gasteiger partial charge in [0.25, 0.3) is 5.91 Å². The molecule has 5 nitrogen and oxygen atoms in total. The van der Waals surface area contributed by atoms with E-state index in [4.69, 9.17) is 16.3 Å². The first-order valence-electron chi connectivity index (χ1n) is 8.21. The summed E-state index contributed by atoms with van der Waals surface area (Å²) in [4.78, 5) is 19.3. The molecule has 1 fully saturated rings. The van der Waals surface area contributed by atoms with Crippen LogP contribution in [0.3, 0.4) is 0 Å². The van der Waals surface area contributed by atoms with E-state index < -0.39 is 0 Å². The molecule has 1 saturated heterocycles. The minimum atomic E-state index is -0.114. The molecule has 1 aromatic carbocycles. The van der Waals surface area contributed by atoms with E-state index in [-0.39, 0.29) is 5.91 Å². The van der Waals surface area contributed by atoms with E-state index >= 15 is 0 Å². The van der Waals surface area contributed by atoms with Crippen LogP contribution in [0.2, 0.25) is 5.02 Å². The molecule has 1 aliphatic heterocycles. The molecule has 24 heavy (non-hydrogen) atoms. The summed E-state index contributed by atoms with van der Waals surface area (Å²) in [5.41, 5.74) is 1.22. The van der Waals surface area contributed by atoms with E-state index in [0.717, 1.165) is 38.0 Å². The van der Waals surface area contributed by atoms with Crippen molar-refractivity contribution in [3.05, 3.63) is 41.0 Å². The van der Waals surface area contributed by atoms with Crippen LogP contribution >= 0.6 is 11.6 Å². The molecule has 1 amide bonds. The quantitative estimate of drug-likeness (QED) is 0.872. The fourth-order valence-electron chi connectivity index (χ4n) is 3.16. The van der Waals surface area contributed by atoms with Crippen molar-refractivity contribution in [2.24, 2.45) is 5.92 Å². The normalized spacial score (nSPS) is 18.2. The lowest BCUT2D eigenvalue weighted by Gasteiger charge is -2.16. The van der Waals surface area contributed by atoms with Crippen molar-refractivity contribution in [1.82, 2.24) is 15.2 Å². The summed E-state index contributed by atoms with van der Waals surface area (Å²) in [6.07, 6.45) is 2.79. The number of hydrogen-bond donors (Lipinski definition) is 1. The van der Waals surface area contributed by atoms with Gasteiger partial charge in [-0.2, -0.15) is 0 Å². The third kappa shape index (κ3) is 4.04. The van der Waals surface area contributed by atoms with Crippen molar-refractivity contribution in [2.75, 3.05) is 39.9 Å². The number of likely N-dealkylation sites (tertiary alicyclic amines) is 1. The maximum absolute atomic E-state index is 12.6. The molecule has 2 heterocycles. The topological polar surface area (TPSA) is 54.5 Å². The predicted molar refractivity (Wildman–Crippen MR) is 95.5 cm³/mol. The van der Waals surface area contributed by atoms with Gasteiger partial charge in [0.15, 0.2) is 0 Å². The average molecular weight is 348 g/mol. The van der Waals surface area contributed by atoms with Gasteiger partial charge in [-0.1, -0.05) is 17.7 Å². The molecule has 1 aromatic heterocycles. The molecule has 0 aliphatic carbocycles. The summed E-state index contributed by atoms with van der Waals surface area (Å²) in [6, 6.07) is 7.26. The number of amides is 1. The molecule has 0 radical (unpaired) electrons. The molecule has 6 heteroatoms. The first kappa shape index (κ1) is 17.1. The van der Waals surface area contributed by atoms with Crippen LogP contribution in [0.4, 0.5) is 0 Å². The molecule has 3 rings (SSSR count). The first-order valence-corrected chi connectivity index (χ1v) is 8.59. The Bertz CT molecular complexity index is 722. The highest BCUT2D eigenvalue weighted by Crippen LogP contribution is 2.22. The number of carbonyl (C=O) groups excluding carboxylic acids is 1. The number of fused-ring (bicyclic) bond motifs is 1. The van der Waals surface area contributed by atoms with Gasteiger partial charge in [-0.15, -0.1) is 0 Å². The molecule has 0 spiro atoms. The SMILES string of the molecule is COCCN1CC[C@@H](CNC(=O)c2cc(Cl)cc3cccnc23)C1. The lowest BCUT2D eigenvalue weighted by molar-refractivity contribution is 0.0948. The fourth-order valence-corrected chi connectivity index (χ4v) is 3.39. The number of methoxy groups -OCH3 is 1. The Labute approximate surface area is 146 Å². The molecular weight excluding hydrogens is 326 g/mol. The van der Waals surface area contributed by atoms with Crippen LogP contribution in [0.15, 0.2) is 30.5 Å². The Morgan fingerprint density at radius 1 is 1.50 bits per heavy atom. The minimum Gasteiger partial charge on any atom is -0.383 e. The molecule has 1 aliphatic rings. The molecule has 0 bridgehead atoms. The summed E-state index contributed by atoms with van der Waals surface area (Å²) in [5.74, 6) is 0.362. The average Bonchev–Trinajstić information content (AvgIpc) is 3.05. The van der Waals surface area contributed by atoms with Crippen LogP contribution in [0.1, 0.15) is 16.8 Å². The number of ether oxygens (including phenoxy) is 1. The van der Waals surface area contributed by atoms with Crippen LogP contribution < -0.4 is 5.32 Å². The molecule has 0 unspecified atom stereocenters. The standard InChI is InChI=1S/C18H22ClN3O2/c1-24-8-7-22-6-4-13(12-22)11-21-18(23)16-10-15(19)9-14-3-2-5-20-17(14)16/h2-3,5,9-10,13H,4,6-8,11-12H2,1H3,(H,21,23)/t13-/m0/s1. The maximum Gasteiger partial charge on any atom is 0.253 e. The van der Waals surface area contributed by atoms with Crippen molar-refractivity contribution in [3.63, 3.8) is 0 Å². The largest absolute Gasteiger partial charge is 0.383 e. The summed E-state index contributed by atoms with van der Waals surface area (Å²) < 4.78 is 5.12. The number of hydrogen-bond acceptors (Lipinski definition) is 4. The van der Waals surface area contributed by atoms with Gasteiger partial charge >= 0.3 is 0 Å². The van der Waals surface area contributed by atoms with E-state index in [1.54, 1.807) is 19.4 Å². The van der Waals surface area contributed by atoms with E-state index in [9.17, 15) is 4.79 Å². The Morgan fingerprint density at radius 3 is 3.21 bits per heavy atom. The van der Waals surface area contributed by atoms with Crippen molar-refractivity contribution in [3.8, 4) is 0 Å². The van der Waals surface area contributed by atoms with Gasteiger partial charge in [-0.25, -0.2) is 0 Å². The molecule has 0 saturated carbocycles. The van der Waals surface area contributed by atoms with E-state index in [1.807, 2.05) is 18.2 Å². The molecule has 1 atom stereocenters. The second-order valence-electron chi connectivity index (χ2n) is 6.19. The number of halogens is 1. The van der Waals surface area contributed by atoms with E-state index in [1.165, 1.54) is 0 Å². The van der Waals surface area contributed by atoms with Crippen LogP contribution in [0, 0.1) is 5.92 Å². The van der Waals surface area contributed by atoms with Crippen molar-refractivity contribution < 1.29 is 9.53 Å². The zero-order chi connectivity index (χ0) is 16.9. The zero-order valence-electron chi connectivity index (χ0n) is 13.8. The number of nitrogens with one attached hydrogen (secondary N) is 1. The fraction of sp³-hybridized carbons (Fsp3) is 0.444. The van der Waals surface area contributed by atoms with Gasteiger partial charge in [0, 0.05) is 43.3 Å². The third-order valence-corrected chi connectivity index (χ3v) is 4.67. The number of nitrogens with zero attached hydrogens (tertiary/aromatic N) is 2. The van der Waals surface area contributed by atoms with Crippen molar-refractivity contribution in [1.29, 1.82) is 0 Å². The lowest BCUT2D eigenvalue weighted by atomic mass is 10.1. The number of aromatic nitrogens is 1. The second-order valence-corrected chi connectivity index (χ2v) is 6.62. The highest BCUT2D eigenvalue weighted by molar-refractivity contribution is 6.32. The summed E-state index contributed by atoms with van der Waals surface area (Å²) >= 11 is 6.14. The van der Waals surface area contributed by atoms with Crippen LogP contribution in [0.5, 0.6) is 0 Å². The Kier molecular flexibility index (Phi) is 5.66. The monoisotopic (exact) mass is 347 g/mol. The lowest BCUT2D eigenvalue weighted by Crippen LogP contribution is -2.32. The van der Waals surface area contributed by atoms with E-state index in [2.05, 4.69) is 15.2 Å². The number of carbonyl (C=O) groups is 1. The van der Waals surface area contributed by atoms with Gasteiger partial charge in [0.2, 0.25) is 0 Å². The maximum atomic E-state index is 12.6. The zero-order valence-corrected chi connectivity index (χ0v) is 14.6. The number of rotatable bonds is 6. The van der Waals surface area contributed by atoms with Crippen LogP contribution in [-0.2, 0) is 4.74 Å². The van der Waals surface area contributed by atoms with Gasteiger partial charge in [-0.3, -0.25) is 9.78 Å².